The van der Waals surface area contributed by atoms with Gasteiger partial charge in [0.1, 0.15) is 18.6 Å². The molecule has 2 aromatic rings. The molecule has 5 aliphatic heterocycles. The quantitative estimate of drug-likeness (QED) is 0.439. The number of carbonyl (C=O) groups is 1. The molecular formula is C29H34N2O8S. The van der Waals surface area contributed by atoms with Crippen molar-refractivity contribution in [2.75, 3.05) is 33.3 Å². The topological polar surface area (TPSA) is 121 Å². The Bertz CT molecular complexity index is 1430. The molecule has 2 saturated heterocycles. The fraction of sp³-hybridized carbons (Fsp3) is 0.552. The predicted octanol–water partition coefficient (Wildman–Crippen LogP) is 3.07. The monoisotopic (exact) mass is 570 g/mol. The van der Waals surface area contributed by atoms with Gasteiger partial charge >= 0.3 is 5.97 Å². The molecule has 2 aromatic carbocycles. The van der Waals surface area contributed by atoms with E-state index in [-0.39, 0.29) is 60.2 Å². The second kappa shape index (κ2) is 9.07. The van der Waals surface area contributed by atoms with Crippen LogP contribution in [0.15, 0.2) is 6.07 Å². The highest BCUT2D eigenvalue weighted by Gasteiger charge is 2.60. The Balaban J connectivity index is 1.52. The second-order valence-electron chi connectivity index (χ2n) is 11.5. The van der Waals surface area contributed by atoms with Crippen LogP contribution < -0.4 is 14.2 Å². The van der Waals surface area contributed by atoms with E-state index in [0.29, 0.717) is 46.1 Å². The van der Waals surface area contributed by atoms with E-state index in [1.54, 1.807) is 18.9 Å². The maximum absolute atomic E-state index is 12.9. The van der Waals surface area contributed by atoms with Crippen LogP contribution in [0.4, 0.5) is 0 Å². The molecule has 3 N–H and O–H groups in total. The molecule has 5 heterocycles. The number of aliphatic hydroxyl groups is 1. The van der Waals surface area contributed by atoms with Crippen molar-refractivity contribution in [1.29, 1.82) is 0 Å². The predicted molar refractivity (Wildman–Crippen MR) is 146 cm³/mol. The molecule has 40 heavy (non-hydrogen) atoms. The van der Waals surface area contributed by atoms with Crippen LogP contribution in [0.2, 0.25) is 0 Å². The summed E-state index contributed by atoms with van der Waals surface area (Å²) >= 11 is 1.56. The van der Waals surface area contributed by atoms with Gasteiger partial charge in [-0.2, -0.15) is 11.8 Å². The van der Waals surface area contributed by atoms with Gasteiger partial charge in [-0.3, -0.25) is 14.6 Å². The normalized spacial score (nSPS) is 32.6. The summed E-state index contributed by atoms with van der Waals surface area (Å²) in [5, 5.41) is 35.0. The number of phenolic OH excluding ortho intramolecular Hbond substituents is 2. The fourth-order valence-corrected chi connectivity index (χ4v) is 9.13. The van der Waals surface area contributed by atoms with Crippen LogP contribution in [0.5, 0.6) is 28.7 Å². The lowest BCUT2D eigenvalue weighted by Crippen LogP contribution is -2.69. The third-order valence-electron chi connectivity index (χ3n) is 9.47. The summed E-state index contributed by atoms with van der Waals surface area (Å²) in [6.45, 7) is 5.58. The summed E-state index contributed by atoms with van der Waals surface area (Å²) in [7, 11) is 3.54. The lowest BCUT2D eigenvalue weighted by molar-refractivity contribution is -0.185. The van der Waals surface area contributed by atoms with Crippen LogP contribution in [0.3, 0.4) is 0 Å². The zero-order valence-corrected chi connectivity index (χ0v) is 23.9. The van der Waals surface area contributed by atoms with Gasteiger partial charge in [0.2, 0.25) is 6.79 Å². The number of methoxy groups -OCH3 is 1. The number of carbonyl (C=O) groups excluding carboxylic acids is 1. The molecule has 2 fully saturated rings. The molecule has 214 valence electrons. The Hall–Kier alpha value is -2.86. The maximum atomic E-state index is 12.9. The zero-order chi connectivity index (χ0) is 28.2. The SMILES string of the molecule is COc1c(C)cc2c(c1O)[C@@H]1C3[C@@H]4SCC(C)C(=O)OC[C@H](c5c6c(c(C)c(O)c54)OCO6)N3[C@@H](O)[C@@H](C2)N1C. The number of phenols is 2. The van der Waals surface area contributed by atoms with E-state index in [4.69, 9.17) is 18.9 Å². The molecule has 7 atom stereocenters. The Morgan fingerprint density at radius 1 is 1.07 bits per heavy atom. The van der Waals surface area contributed by atoms with Crippen LogP contribution >= 0.6 is 11.8 Å². The van der Waals surface area contributed by atoms with Crippen molar-refractivity contribution in [3.05, 3.63) is 39.4 Å². The number of aliphatic hydroxyl groups excluding tert-OH is 1. The third-order valence-corrected chi connectivity index (χ3v) is 11.0. The van der Waals surface area contributed by atoms with Crippen LogP contribution in [-0.4, -0.2) is 82.7 Å². The molecule has 5 aliphatic rings. The van der Waals surface area contributed by atoms with Crippen molar-refractivity contribution in [1.82, 2.24) is 9.80 Å². The van der Waals surface area contributed by atoms with Gasteiger partial charge in [-0.1, -0.05) is 13.0 Å². The number of benzene rings is 2. The lowest BCUT2D eigenvalue weighted by atomic mass is 9.73. The van der Waals surface area contributed by atoms with E-state index in [1.165, 1.54) is 0 Å². The second-order valence-corrected chi connectivity index (χ2v) is 12.7. The summed E-state index contributed by atoms with van der Waals surface area (Å²) in [5.74, 6) is 1.48. The van der Waals surface area contributed by atoms with Gasteiger partial charge in [0, 0.05) is 34.0 Å². The lowest BCUT2D eigenvalue weighted by Gasteiger charge is -2.61. The molecular weight excluding hydrogens is 536 g/mol. The zero-order valence-electron chi connectivity index (χ0n) is 23.1. The largest absolute Gasteiger partial charge is 0.507 e. The van der Waals surface area contributed by atoms with E-state index in [0.717, 1.165) is 16.7 Å². The number of ether oxygens (including phenoxy) is 4. The molecule has 4 bridgehead atoms. The highest BCUT2D eigenvalue weighted by atomic mass is 32.2. The number of aryl methyl sites for hydroxylation is 1. The van der Waals surface area contributed by atoms with E-state index in [9.17, 15) is 20.1 Å². The van der Waals surface area contributed by atoms with Crippen molar-refractivity contribution in [2.24, 2.45) is 5.92 Å². The average molecular weight is 571 g/mol. The molecule has 2 unspecified atom stereocenters. The highest BCUT2D eigenvalue weighted by molar-refractivity contribution is 7.99. The van der Waals surface area contributed by atoms with Crippen molar-refractivity contribution in [3.8, 4) is 28.7 Å². The van der Waals surface area contributed by atoms with Gasteiger partial charge < -0.3 is 34.3 Å². The number of hydrogen-bond acceptors (Lipinski definition) is 11. The minimum absolute atomic E-state index is 0.0152. The number of piperazine rings is 1. The van der Waals surface area contributed by atoms with Gasteiger partial charge in [-0.15, -0.1) is 0 Å². The first-order valence-electron chi connectivity index (χ1n) is 13.7. The van der Waals surface area contributed by atoms with E-state index in [2.05, 4.69) is 4.90 Å². The van der Waals surface area contributed by atoms with E-state index in [1.807, 2.05) is 38.8 Å². The summed E-state index contributed by atoms with van der Waals surface area (Å²) in [4.78, 5) is 17.1. The number of likely N-dealkylation sites (N-methyl/N-ethyl adjacent to an activating group) is 1. The minimum atomic E-state index is -0.915. The molecule has 0 amide bonds. The van der Waals surface area contributed by atoms with Crippen molar-refractivity contribution in [3.63, 3.8) is 0 Å². The smallest absolute Gasteiger partial charge is 0.309 e. The average Bonchev–Trinajstić information content (AvgIpc) is 3.41. The first-order valence-corrected chi connectivity index (χ1v) is 14.7. The Morgan fingerprint density at radius 2 is 1.82 bits per heavy atom. The number of thioether (sulfide) groups is 1. The van der Waals surface area contributed by atoms with Crippen LogP contribution in [-0.2, 0) is 16.0 Å². The van der Waals surface area contributed by atoms with Gasteiger partial charge in [-0.05, 0) is 38.4 Å². The summed E-state index contributed by atoms with van der Waals surface area (Å²) in [6, 6.07) is 0.447. The Morgan fingerprint density at radius 3 is 2.58 bits per heavy atom. The number of aromatic hydroxyl groups is 2. The summed E-state index contributed by atoms with van der Waals surface area (Å²) in [5.41, 5.74) is 4.59. The number of hydrogen-bond donors (Lipinski definition) is 3. The minimum Gasteiger partial charge on any atom is -0.507 e. The Kier molecular flexibility index (Phi) is 5.91. The number of nitrogens with zero attached hydrogens (tertiary/aromatic N) is 2. The summed E-state index contributed by atoms with van der Waals surface area (Å²) < 4.78 is 23.3. The Labute approximate surface area is 236 Å². The van der Waals surface area contributed by atoms with E-state index >= 15 is 0 Å². The van der Waals surface area contributed by atoms with Crippen molar-refractivity contribution < 1.29 is 39.1 Å². The summed E-state index contributed by atoms with van der Waals surface area (Å²) in [6.07, 6.45) is -0.391. The molecule has 0 radical (unpaired) electrons. The first-order chi connectivity index (χ1) is 19.1. The molecule has 7 rings (SSSR count). The molecule has 0 spiro atoms. The molecule has 0 aromatic heterocycles. The van der Waals surface area contributed by atoms with Crippen LogP contribution in [0.25, 0.3) is 0 Å². The number of cyclic esters (lactones) is 1. The van der Waals surface area contributed by atoms with Crippen molar-refractivity contribution >= 4 is 17.7 Å². The molecule has 0 aliphatic carbocycles. The van der Waals surface area contributed by atoms with Gasteiger partial charge in [-0.25, -0.2) is 0 Å². The fourth-order valence-electron chi connectivity index (χ4n) is 7.61. The number of fused-ring (bicyclic) bond motifs is 9. The standard InChI is InChI=1S/C29H34N2O8S/c1-11-6-14-7-15-28(34)31-16-8-37-29(35)12(2)9-40-27(19-18(16)26-25(38-10-39-26)13(3)22(19)32)21(31)20(30(15)4)17(14)23(33)24(11)36-5/h6,12,15-16,20-21,27-28,32-34H,7-10H2,1-5H3/t12?,15-,16-,20-,21?,27-,28+/m1/s1. The molecule has 0 saturated carbocycles. The molecule has 11 heteroatoms. The van der Waals surface area contributed by atoms with Gasteiger partial charge in [0.25, 0.3) is 0 Å². The highest BCUT2D eigenvalue weighted by Crippen LogP contribution is 2.63. The maximum Gasteiger partial charge on any atom is 0.309 e. The van der Waals surface area contributed by atoms with Crippen LogP contribution in [0.1, 0.15) is 57.6 Å². The van der Waals surface area contributed by atoms with Gasteiger partial charge in [0.05, 0.1) is 36.4 Å². The number of esters is 1. The molecule has 10 nitrogen and oxygen atoms in total. The van der Waals surface area contributed by atoms with Crippen LogP contribution in [0, 0.1) is 19.8 Å². The number of rotatable bonds is 1. The third kappa shape index (κ3) is 3.32. The first kappa shape index (κ1) is 26.1. The van der Waals surface area contributed by atoms with Crippen molar-refractivity contribution in [2.45, 2.75) is 62.8 Å². The van der Waals surface area contributed by atoms with E-state index < -0.39 is 12.3 Å². The van der Waals surface area contributed by atoms with Gasteiger partial charge in [0.15, 0.2) is 23.0 Å².